The van der Waals surface area contributed by atoms with Gasteiger partial charge in [0.05, 0.1) is 18.3 Å². The zero-order valence-electron chi connectivity index (χ0n) is 10.2. The largest absolute Gasteiger partial charge is 0.397 e. The number of carbonyl (C=O) groups excluding carboxylic acids is 1. The van der Waals surface area contributed by atoms with Gasteiger partial charge in [0.25, 0.3) is 0 Å². The van der Waals surface area contributed by atoms with Crippen LogP contribution in [0, 0.1) is 0 Å². The molecule has 2 aromatic heterocycles. The van der Waals surface area contributed by atoms with Crippen molar-refractivity contribution in [1.82, 2.24) is 19.7 Å². The summed E-state index contributed by atoms with van der Waals surface area (Å²) in [6.45, 7) is 2.81. The minimum atomic E-state index is -0.0830. The minimum absolute atomic E-state index is 0.0830. The highest BCUT2D eigenvalue weighted by atomic mass is 16.1. The van der Waals surface area contributed by atoms with Crippen LogP contribution in [0.4, 0.5) is 5.69 Å². The molecule has 0 aromatic carbocycles. The molecule has 6 nitrogen and oxygen atoms in total. The SMILES string of the molecule is CCCn1ncnc1CC(=O)c1ccc(N)cn1. The molecule has 2 rings (SSSR count). The normalized spacial score (nSPS) is 10.5. The summed E-state index contributed by atoms with van der Waals surface area (Å²) in [5.74, 6) is 0.584. The number of rotatable bonds is 5. The van der Waals surface area contributed by atoms with Crippen LogP contribution in [0.5, 0.6) is 0 Å². The summed E-state index contributed by atoms with van der Waals surface area (Å²) >= 11 is 0. The fourth-order valence-corrected chi connectivity index (χ4v) is 1.63. The van der Waals surface area contributed by atoms with Gasteiger partial charge in [0.1, 0.15) is 17.8 Å². The fourth-order valence-electron chi connectivity index (χ4n) is 1.63. The Bertz CT molecular complexity index is 532. The molecule has 0 unspecified atom stereocenters. The van der Waals surface area contributed by atoms with E-state index < -0.39 is 0 Å². The van der Waals surface area contributed by atoms with Gasteiger partial charge < -0.3 is 5.73 Å². The van der Waals surface area contributed by atoms with Gasteiger partial charge in [-0.1, -0.05) is 6.92 Å². The van der Waals surface area contributed by atoms with E-state index in [1.54, 1.807) is 16.8 Å². The molecule has 0 bridgehead atoms. The fraction of sp³-hybridized carbons (Fsp3) is 0.333. The molecule has 0 aliphatic carbocycles. The molecule has 0 fully saturated rings. The zero-order chi connectivity index (χ0) is 13.0. The maximum Gasteiger partial charge on any atom is 0.188 e. The molecule has 0 aliphatic rings. The number of ketones is 1. The Balaban J connectivity index is 2.11. The molecule has 0 radical (unpaired) electrons. The summed E-state index contributed by atoms with van der Waals surface area (Å²) in [5.41, 5.74) is 6.47. The molecular formula is C12H15N5O. The molecule has 2 aromatic rings. The van der Waals surface area contributed by atoms with Gasteiger partial charge in [0.15, 0.2) is 5.78 Å². The highest BCUT2D eigenvalue weighted by Crippen LogP contribution is 2.06. The van der Waals surface area contributed by atoms with E-state index in [0.29, 0.717) is 17.2 Å². The van der Waals surface area contributed by atoms with Crippen molar-refractivity contribution in [3.63, 3.8) is 0 Å². The Kier molecular flexibility index (Phi) is 3.66. The molecule has 0 saturated heterocycles. The van der Waals surface area contributed by atoms with Crippen molar-refractivity contribution in [2.24, 2.45) is 0 Å². The van der Waals surface area contributed by atoms with Crippen LogP contribution in [0.3, 0.4) is 0 Å². The Morgan fingerprint density at radius 2 is 2.22 bits per heavy atom. The average Bonchev–Trinajstić information content (AvgIpc) is 2.78. The van der Waals surface area contributed by atoms with E-state index >= 15 is 0 Å². The Labute approximate surface area is 105 Å². The number of anilines is 1. The predicted octanol–water partition coefficient (Wildman–Crippen LogP) is 1.09. The van der Waals surface area contributed by atoms with Crippen molar-refractivity contribution in [1.29, 1.82) is 0 Å². The molecule has 6 heteroatoms. The second-order valence-electron chi connectivity index (χ2n) is 3.98. The van der Waals surface area contributed by atoms with Crippen molar-refractivity contribution < 1.29 is 4.79 Å². The van der Waals surface area contributed by atoms with E-state index in [-0.39, 0.29) is 12.2 Å². The first-order chi connectivity index (χ1) is 8.70. The summed E-state index contributed by atoms with van der Waals surface area (Å²) in [6.07, 6.45) is 4.10. The third-order valence-corrected chi connectivity index (χ3v) is 2.52. The lowest BCUT2D eigenvalue weighted by atomic mass is 10.2. The first kappa shape index (κ1) is 12.2. The van der Waals surface area contributed by atoms with Gasteiger partial charge in [-0.2, -0.15) is 5.10 Å². The second kappa shape index (κ2) is 5.39. The topological polar surface area (TPSA) is 86.7 Å². The number of carbonyl (C=O) groups is 1. The number of aryl methyl sites for hydroxylation is 1. The summed E-state index contributed by atoms with van der Waals surface area (Å²) in [5, 5.41) is 4.08. The Morgan fingerprint density at radius 3 is 2.89 bits per heavy atom. The van der Waals surface area contributed by atoms with Crippen LogP contribution < -0.4 is 5.73 Å². The van der Waals surface area contributed by atoms with Crippen molar-refractivity contribution in [3.8, 4) is 0 Å². The number of pyridine rings is 1. The van der Waals surface area contributed by atoms with Crippen LogP contribution in [0.15, 0.2) is 24.7 Å². The molecule has 18 heavy (non-hydrogen) atoms. The van der Waals surface area contributed by atoms with E-state index in [1.165, 1.54) is 12.5 Å². The van der Waals surface area contributed by atoms with E-state index in [1.807, 2.05) is 0 Å². The van der Waals surface area contributed by atoms with E-state index in [2.05, 4.69) is 22.0 Å². The van der Waals surface area contributed by atoms with Crippen molar-refractivity contribution in [2.45, 2.75) is 26.3 Å². The maximum atomic E-state index is 12.0. The first-order valence-corrected chi connectivity index (χ1v) is 5.82. The Morgan fingerprint density at radius 1 is 1.39 bits per heavy atom. The quantitative estimate of drug-likeness (QED) is 0.797. The smallest absolute Gasteiger partial charge is 0.188 e. The number of hydrogen-bond donors (Lipinski definition) is 1. The van der Waals surface area contributed by atoms with Crippen LogP contribution in [0.2, 0.25) is 0 Å². The van der Waals surface area contributed by atoms with Crippen molar-refractivity contribution >= 4 is 11.5 Å². The lowest BCUT2D eigenvalue weighted by molar-refractivity contribution is 0.0984. The van der Waals surface area contributed by atoms with E-state index in [9.17, 15) is 4.79 Å². The molecule has 0 amide bonds. The van der Waals surface area contributed by atoms with Crippen LogP contribution >= 0.6 is 0 Å². The lowest BCUT2D eigenvalue weighted by Gasteiger charge is -2.03. The van der Waals surface area contributed by atoms with Crippen LogP contribution in [0.1, 0.15) is 29.7 Å². The summed E-state index contributed by atoms with van der Waals surface area (Å²) in [4.78, 5) is 20.1. The average molecular weight is 245 g/mol. The van der Waals surface area contributed by atoms with Gasteiger partial charge in [-0.3, -0.25) is 9.78 Å². The molecule has 0 spiro atoms. The first-order valence-electron chi connectivity index (χ1n) is 5.82. The van der Waals surface area contributed by atoms with Gasteiger partial charge in [0.2, 0.25) is 0 Å². The predicted molar refractivity (Wildman–Crippen MR) is 67.0 cm³/mol. The highest BCUT2D eigenvalue weighted by Gasteiger charge is 2.12. The number of aromatic nitrogens is 4. The maximum absolute atomic E-state index is 12.0. The number of nitrogen functional groups attached to an aromatic ring is 1. The van der Waals surface area contributed by atoms with Gasteiger partial charge in [-0.05, 0) is 18.6 Å². The molecule has 0 atom stereocenters. The number of nitrogens with two attached hydrogens (primary N) is 1. The summed E-state index contributed by atoms with van der Waals surface area (Å²) in [6, 6.07) is 3.29. The van der Waals surface area contributed by atoms with Gasteiger partial charge in [-0.25, -0.2) is 9.67 Å². The van der Waals surface area contributed by atoms with Crippen molar-refractivity contribution in [3.05, 3.63) is 36.2 Å². The molecule has 0 saturated carbocycles. The number of Topliss-reactive ketones (excluding diaryl/α,β-unsaturated/α-hetero) is 1. The summed E-state index contributed by atoms with van der Waals surface area (Å²) < 4.78 is 1.75. The Hall–Kier alpha value is -2.24. The standard InChI is InChI=1S/C12H15N5O/c1-2-5-17-12(15-8-16-17)6-11(18)10-4-3-9(13)7-14-10/h3-4,7-8H,2,5-6,13H2,1H3. The molecule has 2 N–H and O–H groups in total. The summed E-state index contributed by atoms with van der Waals surface area (Å²) in [7, 11) is 0. The molecule has 0 aliphatic heterocycles. The van der Waals surface area contributed by atoms with Gasteiger partial charge in [0, 0.05) is 6.54 Å². The third-order valence-electron chi connectivity index (χ3n) is 2.52. The zero-order valence-corrected chi connectivity index (χ0v) is 10.2. The van der Waals surface area contributed by atoms with Gasteiger partial charge >= 0.3 is 0 Å². The monoisotopic (exact) mass is 245 g/mol. The third kappa shape index (κ3) is 2.71. The van der Waals surface area contributed by atoms with Gasteiger partial charge in [-0.15, -0.1) is 0 Å². The number of hydrogen-bond acceptors (Lipinski definition) is 5. The van der Waals surface area contributed by atoms with E-state index in [0.717, 1.165) is 13.0 Å². The second-order valence-corrected chi connectivity index (χ2v) is 3.98. The molecule has 2 heterocycles. The molecular weight excluding hydrogens is 230 g/mol. The van der Waals surface area contributed by atoms with E-state index in [4.69, 9.17) is 5.73 Å². The van der Waals surface area contributed by atoms with Crippen LogP contribution in [-0.4, -0.2) is 25.5 Å². The lowest BCUT2D eigenvalue weighted by Crippen LogP contribution is -2.12. The van der Waals surface area contributed by atoms with Crippen molar-refractivity contribution in [2.75, 3.05) is 5.73 Å². The van der Waals surface area contributed by atoms with Crippen LogP contribution in [0.25, 0.3) is 0 Å². The highest BCUT2D eigenvalue weighted by molar-refractivity contribution is 5.95. The number of nitrogens with zero attached hydrogens (tertiary/aromatic N) is 4. The minimum Gasteiger partial charge on any atom is -0.397 e. The molecule has 94 valence electrons. The van der Waals surface area contributed by atoms with Crippen LogP contribution in [-0.2, 0) is 13.0 Å².